The van der Waals surface area contributed by atoms with E-state index in [1.807, 2.05) is 20.8 Å². The molecule has 2 atom stereocenters. The van der Waals surface area contributed by atoms with Crippen molar-refractivity contribution >= 4 is 11.9 Å². The summed E-state index contributed by atoms with van der Waals surface area (Å²) < 4.78 is 4.75. The molecule has 19 heavy (non-hydrogen) atoms. The lowest BCUT2D eigenvalue weighted by Gasteiger charge is -2.36. The fraction of sp³-hybridized carbons (Fsp3) is 0.846. The van der Waals surface area contributed by atoms with Crippen LogP contribution < -0.4 is 11.2 Å². The lowest BCUT2D eigenvalue weighted by molar-refractivity contribution is -0.160. The van der Waals surface area contributed by atoms with Gasteiger partial charge in [0.15, 0.2) is 0 Å². The predicted octanol–water partition coefficient (Wildman–Crippen LogP) is 0.419. The number of esters is 1. The van der Waals surface area contributed by atoms with E-state index in [2.05, 4.69) is 5.43 Å². The third-order valence-electron chi connectivity index (χ3n) is 3.21. The average molecular weight is 271 g/mol. The Morgan fingerprint density at radius 3 is 2.68 bits per heavy atom. The molecule has 3 N–H and O–H groups in total. The Balaban J connectivity index is 2.74. The van der Waals surface area contributed by atoms with E-state index in [-0.39, 0.29) is 17.8 Å². The first-order chi connectivity index (χ1) is 8.76. The minimum absolute atomic E-state index is 0.103. The van der Waals surface area contributed by atoms with E-state index in [1.54, 1.807) is 0 Å². The maximum atomic E-state index is 12.4. The number of methoxy groups -OCH3 is 1. The second kappa shape index (κ2) is 6.34. The summed E-state index contributed by atoms with van der Waals surface area (Å²) in [6.07, 6.45) is 2.04. The van der Waals surface area contributed by atoms with Gasteiger partial charge in [-0.2, -0.15) is 0 Å². The molecule has 1 aliphatic rings. The van der Waals surface area contributed by atoms with Crippen molar-refractivity contribution in [3.05, 3.63) is 0 Å². The number of nitrogens with two attached hydrogens (primary N) is 1. The molecule has 2 unspecified atom stereocenters. The second-order valence-electron chi connectivity index (χ2n) is 5.89. The minimum Gasteiger partial charge on any atom is -0.467 e. The molecule has 0 radical (unpaired) electrons. The molecule has 1 aliphatic heterocycles. The van der Waals surface area contributed by atoms with Gasteiger partial charge in [-0.25, -0.2) is 10.2 Å². The van der Waals surface area contributed by atoms with E-state index in [4.69, 9.17) is 10.5 Å². The fourth-order valence-electron chi connectivity index (χ4n) is 2.44. The van der Waals surface area contributed by atoms with Crippen LogP contribution in [-0.4, -0.2) is 42.1 Å². The zero-order chi connectivity index (χ0) is 14.6. The molecule has 0 aromatic rings. The molecule has 0 saturated carbocycles. The highest BCUT2D eigenvalue weighted by Gasteiger charge is 2.36. The third kappa shape index (κ3) is 4.47. The van der Waals surface area contributed by atoms with Crippen molar-refractivity contribution in [3.63, 3.8) is 0 Å². The number of rotatable bonds is 4. The quantitative estimate of drug-likeness (QED) is 0.724. The molecular weight excluding hydrogens is 246 g/mol. The van der Waals surface area contributed by atoms with Crippen LogP contribution in [0, 0.1) is 5.92 Å². The molecule has 1 heterocycles. The van der Waals surface area contributed by atoms with Gasteiger partial charge in [-0.1, -0.05) is 6.92 Å². The number of hydrogen-bond acceptors (Lipinski definition) is 5. The van der Waals surface area contributed by atoms with Crippen molar-refractivity contribution in [1.82, 2.24) is 10.4 Å². The van der Waals surface area contributed by atoms with E-state index < -0.39 is 11.6 Å². The second-order valence-corrected chi connectivity index (χ2v) is 5.89. The Labute approximate surface area is 114 Å². The maximum absolute atomic E-state index is 12.4. The van der Waals surface area contributed by atoms with Crippen LogP contribution in [0.5, 0.6) is 0 Å². The number of nitrogens with one attached hydrogen (secondary N) is 1. The van der Waals surface area contributed by atoms with Crippen molar-refractivity contribution < 1.29 is 14.3 Å². The Bertz CT molecular complexity index is 339. The number of amides is 1. The number of hydrogen-bond donors (Lipinski definition) is 2. The molecule has 1 saturated heterocycles. The van der Waals surface area contributed by atoms with Crippen LogP contribution in [0.1, 0.15) is 40.0 Å². The number of carbonyl (C=O) groups is 2. The molecule has 0 aromatic carbocycles. The first-order valence-electron chi connectivity index (χ1n) is 6.69. The lowest BCUT2D eigenvalue weighted by atomic mass is 9.91. The molecule has 0 spiro atoms. The fourth-order valence-corrected chi connectivity index (χ4v) is 2.44. The van der Waals surface area contributed by atoms with Gasteiger partial charge in [0.2, 0.25) is 5.91 Å². The van der Waals surface area contributed by atoms with Crippen molar-refractivity contribution in [2.75, 3.05) is 13.7 Å². The average Bonchev–Trinajstić information content (AvgIpc) is 2.35. The van der Waals surface area contributed by atoms with E-state index in [9.17, 15) is 9.59 Å². The van der Waals surface area contributed by atoms with Crippen LogP contribution in [0.3, 0.4) is 0 Å². The van der Waals surface area contributed by atoms with E-state index in [1.165, 1.54) is 12.1 Å². The Kier molecular flexibility index (Phi) is 5.31. The molecule has 1 fully saturated rings. The molecule has 110 valence electrons. The van der Waals surface area contributed by atoms with Crippen LogP contribution >= 0.6 is 0 Å². The molecule has 0 aliphatic carbocycles. The zero-order valence-electron chi connectivity index (χ0n) is 12.2. The topological polar surface area (TPSA) is 84.7 Å². The predicted molar refractivity (Wildman–Crippen MR) is 71.9 cm³/mol. The van der Waals surface area contributed by atoms with Crippen LogP contribution in [0.15, 0.2) is 0 Å². The zero-order valence-corrected chi connectivity index (χ0v) is 12.2. The van der Waals surface area contributed by atoms with Crippen LogP contribution in [0.2, 0.25) is 0 Å². The van der Waals surface area contributed by atoms with Gasteiger partial charge in [0.1, 0.15) is 6.04 Å². The first-order valence-corrected chi connectivity index (χ1v) is 6.69. The van der Waals surface area contributed by atoms with Gasteiger partial charge >= 0.3 is 5.97 Å². The summed E-state index contributed by atoms with van der Waals surface area (Å²) in [6, 6.07) is -0.533. The van der Waals surface area contributed by atoms with Crippen molar-refractivity contribution in [2.45, 2.75) is 51.6 Å². The van der Waals surface area contributed by atoms with Crippen molar-refractivity contribution in [1.29, 1.82) is 0 Å². The van der Waals surface area contributed by atoms with E-state index in [0.29, 0.717) is 19.4 Å². The number of hydrazine groups is 1. The Morgan fingerprint density at radius 1 is 1.53 bits per heavy atom. The summed E-state index contributed by atoms with van der Waals surface area (Å²) in [7, 11) is 1.34. The molecule has 1 rings (SSSR count). The molecule has 6 heteroatoms. The van der Waals surface area contributed by atoms with Gasteiger partial charge in [0.05, 0.1) is 7.11 Å². The summed E-state index contributed by atoms with van der Waals surface area (Å²) in [6.45, 7) is 6.30. The summed E-state index contributed by atoms with van der Waals surface area (Å²) in [5, 5.41) is 1.42. The number of nitrogens with zero attached hydrogens (tertiary/aromatic N) is 1. The highest BCUT2D eigenvalue weighted by atomic mass is 16.5. The van der Waals surface area contributed by atoms with Crippen LogP contribution in [-0.2, 0) is 14.3 Å². The van der Waals surface area contributed by atoms with Crippen molar-refractivity contribution in [2.24, 2.45) is 11.7 Å². The van der Waals surface area contributed by atoms with Gasteiger partial charge in [-0.3, -0.25) is 9.80 Å². The summed E-state index contributed by atoms with van der Waals surface area (Å²) in [5.74, 6) is -0.717. The van der Waals surface area contributed by atoms with Crippen LogP contribution in [0.25, 0.3) is 0 Å². The molecule has 0 aromatic heterocycles. The normalized spacial score (nSPS) is 21.9. The Morgan fingerprint density at radius 2 is 2.16 bits per heavy atom. The largest absolute Gasteiger partial charge is 0.467 e. The van der Waals surface area contributed by atoms with E-state index >= 15 is 0 Å². The smallest absolute Gasteiger partial charge is 0.330 e. The summed E-state index contributed by atoms with van der Waals surface area (Å²) in [5.41, 5.74) is 8.52. The standard InChI is InChI=1S/C13H25N3O3/c1-9(8-13(2,3)14)11(17)16-10(12(18)19-4)6-5-7-15-16/h9-10,15H,5-8,14H2,1-4H3. The molecule has 0 bridgehead atoms. The molecule has 6 nitrogen and oxygen atoms in total. The monoisotopic (exact) mass is 271 g/mol. The maximum Gasteiger partial charge on any atom is 0.330 e. The summed E-state index contributed by atoms with van der Waals surface area (Å²) in [4.78, 5) is 24.1. The third-order valence-corrected chi connectivity index (χ3v) is 3.21. The van der Waals surface area contributed by atoms with Gasteiger partial charge in [-0.05, 0) is 33.1 Å². The SMILES string of the molecule is COC(=O)C1CCCNN1C(=O)C(C)CC(C)(C)N. The summed E-state index contributed by atoms with van der Waals surface area (Å²) >= 11 is 0. The van der Waals surface area contributed by atoms with Gasteiger partial charge in [0.25, 0.3) is 0 Å². The highest BCUT2D eigenvalue weighted by molar-refractivity contribution is 5.85. The molecular formula is C13H25N3O3. The number of ether oxygens (including phenoxy) is 1. The highest BCUT2D eigenvalue weighted by Crippen LogP contribution is 2.19. The lowest BCUT2D eigenvalue weighted by Crippen LogP contribution is -2.58. The molecule has 1 amide bonds. The van der Waals surface area contributed by atoms with E-state index in [0.717, 1.165) is 6.42 Å². The van der Waals surface area contributed by atoms with Gasteiger partial charge in [0, 0.05) is 18.0 Å². The van der Waals surface area contributed by atoms with Gasteiger partial charge < -0.3 is 10.5 Å². The minimum atomic E-state index is -0.533. The van der Waals surface area contributed by atoms with Gasteiger partial charge in [-0.15, -0.1) is 0 Å². The first kappa shape index (κ1) is 15.9. The number of carbonyl (C=O) groups excluding carboxylic acids is 2. The van der Waals surface area contributed by atoms with Crippen LogP contribution in [0.4, 0.5) is 0 Å². The van der Waals surface area contributed by atoms with Crippen molar-refractivity contribution in [3.8, 4) is 0 Å². The Hall–Kier alpha value is -1.14.